The molecule has 0 aromatic heterocycles. The van der Waals surface area contributed by atoms with Crippen molar-refractivity contribution in [3.05, 3.63) is 72.3 Å². The number of ether oxygens (including phenoxy) is 1. The maximum absolute atomic E-state index is 12.3. The molecule has 2 rings (SSSR count). The molecule has 0 unspecified atom stereocenters. The number of benzene rings is 2. The molecule has 1 N–H and O–H groups in total. The maximum Gasteiger partial charge on any atom is 0.255 e. The highest BCUT2D eigenvalue weighted by molar-refractivity contribution is 6.04. The Hall–Kier alpha value is -2.55. The lowest BCUT2D eigenvalue weighted by Gasteiger charge is -2.22. The van der Waals surface area contributed by atoms with Crippen LogP contribution in [-0.4, -0.2) is 11.5 Å². The van der Waals surface area contributed by atoms with Gasteiger partial charge in [-0.3, -0.25) is 4.79 Å². The third kappa shape index (κ3) is 4.22. The van der Waals surface area contributed by atoms with E-state index in [-0.39, 0.29) is 5.91 Å². The third-order valence-electron chi connectivity index (χ3n) is 3.28. The molecule has 2 aromatic rings. The fourth-order valence-electron chi connectivity index (χ4n) is 1.89. The van der Waals surface area contributed by atoms with Crippen LogP contribution in [0.1, 0.15) is 29.8 Å². The molecule has 0 saturated heterocycles. The van der Waals surface area contributed by atoms with Gasteiger partial charge in [0.2, 0.25) is 0 Å². The van der Waals surface area contributed by atoms with E-state index in [1.54, 1.807) is 24.3 Å². The van der Waals surface area contributed by atoms with Gasteiger partial charge in [0, 0.05) is 11.3 Å². The van der Waals surface area contributed by atoms with Crippen LogP contribution in [0.5, 0.6) is 5.75 Å². The van der Waals surface area contributed by atoms with Gasteiger partial charge in [-0.15, -0.1) is 0 Å². The average Bonchev–Trinajstić information content (AvgIpc) is 2.49. The van der Waals surface area contributed by atoms with E-state index >= 15 is 0 Å². The molecule has 3 nitrogen and oxygen atoms in total. The summed E-state index contributed by atoms with van der Waals surface area (Å²) in [6.45, 7) is 9.58. The van der Waals surface area contributed by atoms with Crippen LogP contribution in [0.4, 0.5) is 5.69 Å². The molecule has 0 heterocycles. The van der Waals surface area contributed by atoms with Gasteiger partial charge in [-0.1, -0.05) is 30.3 Å². The minimum absolute atomic E-state index is 0.161. The Bertz CT molecular complexity index is 672. The van der Waals surface area contributed by atoms with Crippen LogP contribution in [0, 0.1) is 6.92 Å². The average molecular weight is 295 g/mol. The van der Waals surface area contributed by atoms with Crippen molar-refractivity contribution in [1.82, 2.24) is 0 Å². The minimum atomic E-state index is -0.480. The monoisotopic (exact) mass is 295 g/mol. The van der Waals surface area contributed by atoms with Crippen molar-refractivity contribution in [2.75, 3.05) is 5.32 Å². The van der Waals surface area contributed by atoms with Crippen molar-refractivity contribution in [2.24, 2.45) is 0 Å². The fraction of sp³-hybridized carbons (Fsp3) is 0.211. The summed E-state index contributed by atoms with van der Waals surface area (Å²) in [7, 11) is 0. The largest absolute Gasteiger partial charge is 0.484 e. The summed E-state index contributed by atoms with van der Waals surface area (Å²) in [5, 5.41) is 2.87. The highest BCUT2D eigenvalue weighted by Crippen LogP contribution is 2.21. The molecule has 0 atom stereocenters. The van der Waals surface area contributed by atoms with Crippen molar-refractivity contribution >= 4 is 11.6 Å². The Kier molecular flexibility index (Phi) is 4.66. The van der Waals surface area contributed by atoms with Crippen molar-refractivity contribution in [2.45, 2.75) is 26.4 Å². The zero-order chi connectivity index (χ0) is 16.2. The van der Waals surface area contributed by atoms with Crippen molar-refractivity contribution in [1.29, 1.82) is 0 Å². The van der Waals surface area contributed by atoms with Crippen LogP contribution >= 0.6 is 0 Å². The van der Waals surface area contributed by atoms with Gasteiger partial charge < -0.3 is 10.1 Å². The predicted molar refractivity (Wildman–Crippen MR) is 90.5 cm³/mol. The molecule has 3 heteroatoms. The Labute approximate surface area is 131 Å². The van der Waals surface area contributed by atoms with E-state index in [9.17, 15) is 4.79 Å². The van der Waals surface area contributed by atoms with Crippen LogP contribution in [0.3, 0.4) is 0 Å². The number of hydrogen-bond donors (Lipinski definition) is 1. The summed E-state index contributed by atoms with van der Waals surface area (Å²) >= 11 is 0. The molecule has 0 aliphatic rings. The number of rotatable bonds is 5. The third-order valence-corrected chi connectivity index (χ3v) is 3.28. The Morgan fingerprint density at radius 3 is 2.50 bits per heavy atom. The van der Waals surface area contributed by atoms with Crippen molar-refractivity contribution in [3.8, 4) is 5.75 Å². The number of nitrogens with one attached hydrogen (secondary N) is 1. The summed E-state index contributed by atoms with van der Waals surface area (Å²) in [6, 6.07) is 14.8. The van der Waals surface area contributed by atoms with Crippen LogP contribution in [0.25, 0.3) is 0 Å². The number of hydrogen-bond acceptors (Lipinski definition) is 2. The van der Waals surface area contributed by atoms with Crippen molar-refractivity contribution < 1.29 is 9.53 Å². The molecule has 0 aliphatic carbocycles. The summed E-state index contributed by atoms with van der Waals surface area (Å²) in [6.07, 6.45) is 1.73. The van der Waals surface area contributed by atoms with Gasteiger partial charge in [0.05, 0.1) is 0 Å². The lowest BCUT2D eigenvalue weighted by Crippen LogP contribution is -2.24. The second kappa shape index (κ2) is 6.48. The van der Waals surface area contributed by atoms with E-state index in [1.165, 1.54) is 0 Å². The van der Waals surface area contributed by atoms with E-state index in [0.29, 0.717) is 11.3 Å². The number of carbonyl (C=O) groups excluding carboxylic acids is 1. The van der Waals surface area contributed by atoms with Gasteiger partial charge in [-0.25, -0.2) is 0 Å². The van der Waals surface area contributed by atoms with E-state index in [4.69, 9.17) is 4.74 Å². The number of carbonyl (C=O) groups is 1. The summed E-state index contributed by atoms with van der Waals surface area (Å²) in [5.41, 5.74) is 2.00. The first-order valence-electron chi connectivity index (χ1n) is 7.20. The van der Waals surface area contributed by atoms with Gasteiger partial charge in [0.15, 0.2) is 0 Å². The molecule has 114 valence electrons. The number of anilines is 1. The highest BCUT2D eigenvalue weighted by Gasteiger charge is 2.15. The van der Waals surface area contributed by atoms with Gasteiger partial charge in [-0.05, 0) is 57.2 Å². The van der Waals surface area contributed by atoms with E-state index in [1.807, 2.05) is 51.1 Å². The lowest BCUT2D eigenvalue weighted by molar-refractivity contribution is 0.102. The maximum atomic E-state index is 12.3. The SMILES string of the molecule is C=CC(C)(C)Oc1cccc(C(=O)Nc2ccc(C)cc2)c1. The van der Waals surface area contributed by atoms with Gasteiger partial charge in [0.1, 0.15) is 11.4 Å². The zero-order valence-electron chi connectivity index (χ0n) is 13.2. The second-order valence-corrected chi connectivity index (χ2v) is 5.76. The zero-order valence-corrected chi connectivity index (χ0v) is 13.2. The molecule has 0 bridgehead atoms. The fourth-order valence-corrected chi connectivity index (χ4v) is 1.89. The molecule has 0 spiro atoms. The first-order chi connectivity index (χ1) is 10.4. The molecule has 2 aromatic carbocycles. The Balaban J connectivity index is 2.13. The molecule has 0 radical (unpaired) electrons. The van der Waals surface area contributed by atoms with Crippen LogP contribution in [0.15, 0.2) is 61.2 Å². The quantitative estimate of drug-likeness (QED) is 0.819. The topological polar surface area (TPSA) is 38.3 Å². The number of aryl methyl sites for hydroxylation is 1. The van der Waals surface area contributed by atoms with E-state index in [0.717, 1.165) is 11.3 Å². The summed E-state index contributed by atoms with van der Waals surface area (Å²) in [5.74, 6) is 0.479. The first kappa shape index (κ1) is 15.8. The Morgan fingerprint density at radius 1 is 1.18 bits per heavy atom. The molecule has 22 heavy (non-hydrogen) atoms. The molecular formula is C19H21NO2. The van der Waals surface area contributed by atoms with Gasteiger partial charge >= 0.3 is 0 Å². The van der Waals surface area contributed by atoms with E-state index in [2.05, 4.69) is 11.9 Å². The smallest absolute Gasteiger partial charge is 0.255 e. The Morgan fingerprint density at radius 2 is 1.86 bits per heavy atom. The first-order valence-corrected chi connectivity index (χ1v) is 7.20. The lowest BCUT2D eigenvalue weighted by atomic mass is 10.1. The van der Waals surface area contributed by atoms with Gasteiger partial charge in [0.25, 0.3) is 5.91 Å². The van der Waals surface area contributed by atoms with Crippen LogP contribution in [0.2, 0.25) is 0 Å². The molecular weight excluding hydrogens is 274 g/mol. The van der Waals surface area contributed by atoms with Gasteiger partial charge in [-0.2, -0.15) is 0 Å². The number of amides is 1. The molecule has 1 amide bonds. The normalized spacial score (nSPS) is 10.9. The molecule has 0 saturated carbocycles. The summed E-state index contributed by atoms with van der Waals surface area (Å²) < 4.78 is 5.81. The molecule has 0 aliphatic heterocycles. The van der Waals surface area contributed by atoms with Crippen LogP contribution in [-0.2, 0) is 0 Å². The molecule has 0 fully saturated rings. The van der Waals surface area contributed by atoms with E-state index < -0.39 is 5.60 Å². The predicted octanol–water partition coefficient (Wildman–Crippen LogP) is 4.59. The van der Waals surface area contributed by atoms with Crippen LogP contribution < -0.4 is 10.1 Å². The second-order valence-electron chi connectivity index (χ2n) is 5.76. The van der Waals surface area contributed by atoms with Crippen molar-refractivity contribution in [3.63, 3.8) is 0 Å². The summed E-state index contributed by atoms with van der Waals surface area (Å²) in [4.78, 5) is 12.3. The highest BCUT2D eigenvalue weighted by atomic mass is 16.5. The standard InChI is InChI=1S/C19H21NO2/c1-5-19(3,4)22-17-8-6-7-15(13-17)18(21)20-16-11-9-14(2)10-12-16/h5-13H,1H2,2-4H3,(H,20,21). The minimum Gasteiger partial charge on any atom is -0.484 e.